The fourth-order valence-corrected chi connectivity index (χ4v) is 1.56. The number of hydrogen-bond donors (Lipinski definition) is 2. The molecule has 102 valence electrons. The molecule has 0 aliphatic rings. The summed E-state index contributed by atoms with van der Waals surface area (Å²) in [5, 5.41) is 11.6. The van der Waals surface area contributed by atoms with Crippen LogP contribution in [0.5, 0.6) is 0 Å². The van der Waals surface area contributed by atoms with E-state index in [1.54, 1.807) is 6.92 Å². The average Bonchev–Trinajstić information content (AvgIpc) is 2.27. The molecule has 2 unspecified atom stereocenters. The predicted molar refractivity (Wildman–Crippen MR) is 64.4 cm³/mol. The van der Waals surface area contributed by atoms with Gasteiger partial charge < -0.3 is 10.4 Å². The summed E-state index contributed by atoms with van der Waals surface area (Å²) in [5.74, 6) is 0. The summed E-state index contributed by atoms with van der Waals surface area (Å²) in [5.41, 5.74) is 3.14. The van der Waals surface area contributed by atoms with E-state index in [0.717, 1.165) is 16.7 Å². The molecule has 1 aromatic rings. The minimum Gasteiger partial charge on any atom is -0.382 e. The average molecular weight is 261 g/mol. The van der Waals surface area contributed by atoms with Gasteiger partial charge in [-0.15, -0.1) is 0 Å². The number of halogens is 3. The molecule has 0 spiro atoms. The molecule has 0 heterocycles. The smallest absolute Gasteiger partial charge is 0.382 e. The van der Waals surface area contributed by atoms with Gasteiger partial charge in [0.15, 0.2) is 6.10 Å². The van der Waals surface area contributed by atoms with Crippen LogP contribution in [0.4, 0.5) is 13.2 Å². The van der Waals surface area contributed by atoms with E-state index >= 15 is 0 Å². The zero-order valence-corrected chi connectivity index (χ0v) is 10.7. The molecule has 0 aromatic heterocycles. The first-order valence-corrected chi connectivity index (χ1v) is 5.77. The third-order valence-corrected chi connectivity index (χ3v) is 3.03. The van der Waals surface area contributed by atoms with Crippen molar-refractivity contribution < 1.29 is 18.3 Å². The van der Waals surface area contributed by atoms with Gasteiger partial charge in [0.2, 0.25) is 0 Å². The van der Waals surface area contributed by atoms with Crippen LogP contribution >= 0.6 is 0 Å². The zero-order valence-electron chi connectivity index (χ0n) is 10.7. The summed E-state index contributed by atoms with van der Waals surface area (Å²) < 4.78 is 36.4. The van der Waals surface area contributed by atoms with Crippen LogP contribution in [-0.4, -0.2) is 23.9 Å². The van der Waals surface area contributed by atoms with Crippen molar-refractivity contribution in [2.24, 2.45) is 0 Å². The van der Waals surface area contributed by atoms with Crippen LogP contribution in [-0.2, 0) is 0 Å². The Labute approximate surface area is 105 Å². The molecule has 1 aromatic carbocycles. The summed E-state index contributed by atoms with van der Waals surface area (Å²) in [6.07, 6.45) is -6.90. The largest absolute Gasteiger partial charge is 0.415 e. The number of aryl methyl sites for hydroxylation is 2. The highest BCUT2D eigenvalue weighted by Crippen LogP contribution is 2.21. The number of benzene rings is 1. The molecule has 2 N–H and O–H groups in total. The Morgan fingerprint density at radius 2 is 1.83 bits per heavy atom. The van der Waals surface area contributed by atoms with Gasteiger partial charge in [0.1, 0.15) is 0 Å². The lowest BCUT2D eigenvalue weighted by atomic mass is 10.0. The van der Waals surface area contributed by atoms with Gasteiger partial charge in [0.05, 0.1) is 0 Å². The maximum absolute atomic E-state index is 12.1. The van der Waals surface area contributed by atoms with Crippen LogP contribution in [0.2, 0.25) is 0 Å². The van der Waals surface area contributed by atoms with Gasteiger partial charge >= 0.3 is 6.18 Å². The van der Waals surface area contributed by atoms with Gasteiger partial charge in [-0.2, -0.15) is 13.2 Å². The van der Waals surface area contributed by atoms with E-state index in [4.69, 9.17) is 5.11 Å². The lowest BCUT2D eigenvalue weighted by Crippen LogP contribution is -2.39. The first-order valence-electron chi connectivity index (χ1n) is 5.77. The minimum absolute atomic E-state index is 0.235. The number of alkyl halides is 3. The van der Waals surface area contributed by atoms with Crippen LogP contribution in [0.1, 0.15) is 29.7 Å². The molecule has 0 amide bonds. The van der Waals surface area contributed by atoms with Crippen molar-refractivity contribution in [2.45, 2.75) is 39.1 Å². The Morgan fingerprint density at radius 1 is 1.22 bits per heavy atom. The van der Waals surface area contributed by atoms with Crippen LogP contribution in [0.15, 0.2) is 18.2 Å². The van der Waals surface area contributed by atoms with E-state index in [2.05, 4.69) is 5.32 Å². The number of nitrogens with one attached hydrogen (secondary N) is 1. The number of aliphatic hydroxyl groups is 1. The van der Waals surface area contributed by atoms with Crippen molar-refractivity contribution in [3.8, 4) is 0 Å². The lowest BCUT2D eigenvalue weighted by Gasteiger charge is -2.19. The standard InChI is InChI=1S/C13H18F3NO/c1-8-4-5-11(6-9(8)2)10(3)17-7-12(18)13(14,15)16/h4-6,10,12,17-18H,7H2,1-3H3. The van der Waals surface area contributed by atoms with Gasteiger partial charge in [-0.1, -0.05) is 18.2 Å². The molecule has 0 radical (unpaired) electrons. The highest BCUT2D eigenvalue weighted by atomic mass is 19.4. The Kier molecular flexibility index (Phi) is 4.76. The fraction of sp³-hybridized carbons (Fsp3) is 0.538. The first-order chi connectivity index (χ1) is 8.21. The summed E-state index contributed by atoms with van der Waals surface area (Å²) in [6.45, 7) is 5.20. The van der Waals surface area contributed by atoms with Crippen molar-refractivity contribution in [3.05, 3.63) is 34.9 Å². The molecule has 1 rings (SSSR count). The van der Waals surface area contributed by atoms with Gasteiger partial charge in [0, 0.05) is 12.6 Å². The Morgan fingerprint density at radius 3 is 2.33 bits per heavy atom. The molecule has 18 heavy (non-hydrogen) atoms. The molecule has 2 atom stereocenters. The van der Waals surface area contributed by atoms with Crippen molar-refractivity contribution in [3.63, 3.8) is 0 Å². The molecule has 0 saturated carbocycles. The van der Waals surface area contributed by atoms with Crippen molar-refractivity contribution >= 4 is 0 Å². The number of rotatable bonds is 4. The highest BCUT2D eigenvalue weighted by molar-refractivity contribution is 5.31. The quantitative estimate of drug-likeness (QED) is 0.873. The highest BCUT2D eigenvalue weighted by Gasteiger charge is 2.37. The molecule has 0 fully saturated rings. The molecule has 0 bridgehead atoms. The van der Waals surface area contributed by atoms with Gasteiger partial charge in [-0.05, 0) is 37.5 Å². The van der Waals surface area contributed by atoms with E-state index < -0.39 is 18.8 Å². The van der Waals surface area contributed by atoms with E-state index in [1.165, 1.54) is 0 Å². The van der Waals surface area contributed by atoms with Crippen molar-refractivity contribution in [2.75, 3.05) is 6.54 Å². The van der Waals surface area contributed by atoms with Crippen LogP contribution in [0, 0.1) is 13.8 Å². The summed E-state index contributed by atoms with van der Waals surface area (Å²) in [6, 6.07) is 5.51. The Bertz CT molecular complexity index is 404. The predicted octanol–water partition coefficient (Wildman–Crippen LogP) is 2.88. The number of aliphatic hydroxyl groups excluding tert-OH is 1. The molecular formula is C13H18F3NO. The van der Waals surface area contributed by atoms with Crippen molar-refractivity contribution in [1.29, 1.82) is 0 Å². The molecule has 2 nitrogen and oxygen atoms in total. The SMILES string of the molecule is Cc1ccc(C(C)NCC(O)C(F)(F)F)cc1C. The molecular weight excluding hydrogens is 243 g/mol. The van der Waals surface area contributed by atoms with Crippen molar-refractivity contribution in [1.82, 2.24) is 5.32 Å². The van der Waals surface area contributed by atoms with Crippen LogP contribution < -0.4 is 5.32 Å². The fourth-order valence-electron chi connectivity index (χ4n) is 1.56. The van der Waals surface area contributed by atoms with E-state index in [9.17, 15) is 13.2 Å². The van der Waals surface area contributed by atoms with Gasteiger partial charge in [-0.3, -0.25) is 0 Å². The van der Waals surface area contributed by atoms with E-state index in [0.29, 0.717) is 0 Å². The second kappa shape index (κ2) is 5.71. The molecule has 0 saturated heterocycles. The van der Waals surface area contributed by atoms with E-state index in [-0.39, 0.29) is 6.04 Å². The molecule has 0 aliphatic carbocycles. The molecule has 5 heteroatoms. The van der Waals surface area contributed by atoms with Crippen LogP contribution in [0.25, 0.3) is 0 Å². The third-order valence-electron chi connectivity index (χ3n) is 3.03. The minimum atomic E-state index is -4.57. The Hall–Kier alpha value is -1.07. The summed E-state index contributed by atoms with van der Waals surface area (Å²) in [7, 11) is 0. The maximum atomic E-state index is 12.1. The van der Waals surface area contributed by atoms with Gasteiger partial charge in [0.25, 0.3) is 0 Å². The zero-order chi connectivity index (χ0) is 13.9. The van der Waals surface area contributed by atoms with E-state index in [1.807, 2.05) is 32.0 Å². The third kappa shape index (κ3) is 3.99. The maximum Gasteiger partial charge on any atom is 0.415 e. The summed E-state index contributed by atoms with van der Waals surface area (Å²) >= 11 is 0. The second-order valence-corrected chi connectivity index (χ2v) is 4.53. The normalized spacial score (nSPS) is 15.5. The molecule has 0 aliphatic heterocycles. The topological polar surface area (TPSA) is 32.3 Å². The summed E-state index contributed by atoms with van der Waals surface area (Å²) in [4.78, 5) is 0. The Balaban J connectivity index is 2.60. The second-order valence-electron chi connectivity index (χ2n) is 4.53. The van der Waals surface area contributed by atoms with Crippen LogP contribution in [0.3, 0.4) is 0 Å². The monoisotopic (exact) mass is 261 g/mol. The van der Waals surface area contributed by atoms with Gasteiger partial charge in [-0.25, -0.2) is 0 Å². The lowest BCUT2D eigenvalue weighted by molar-refractivity contribution is -0.202. The first kappa shape index (κ1) is 15.0. The number of hydrogen-bond acceptors (Lipinski definition) is 2.